The fourth-order valence-electron chi connectivity index (χ4n) is 5.77. The Bertz CT molecular complexity index is 662. The monoisotopic (exact) mass is 356 g/mol. The van der Waals surface area contributed by atoms with Crippen LogP contribution in [-0.4, -0.2) is 30.6 Å². The molecule has 0 saturated heterocycles. The summed E-state index contributed by atoms with van der Waals surface area (Å²) in [4.78, 5) is 24.3. The first kappa shape index (κ1) is 17.4. The second-order valence-corrected chi connectivity index (χ2v) is 8.62. The molecule has 0 unspecified atom stereocenters. The van der Waals surface area contributed by atoms with Crippen LogP contribution in [0.3, 0.4) is 0 Å². The summed E-state index contributed by atoms with van der Waals surface area (Å²) in [5.41, 5.74) is 1.37. The molecule has 0 radical (unpaired) electrons. The van der Waals surface area contributed by atoms with Crippen molar-refractivity contribution in [1.29, 1.82) is 0 Å². The van der Waals surface area contributed by atoms with Gasteiger partial charge in [-0.1, -0.05) is 0 Å². The maximum absolute atomic E-state index is 12.8. The molecule has 2 N–H and O–H groups in total. The first-order chi connectivity index (χ1) is 12.5. The highest BCUT2D eigenvalue weighted by atomic mass is 16.5. The lowest BCUT2D eigenvalue weighted by Crippen LogP contribution is -2.61. The van der Waals surface area contributed by atoms with E-state index in [2.05, 4.69) is 10.6 Å². The minimum absolute atomic E-state index is 0.0382. The SMILES string of the molecule is COC(=O)c1ccc(N[C@@H](C)C(=O)NC23CC4CC(CC(C4)C2)C3)cc1. The van der Waals surface area contributed by atoms with E-state index in [-0.39, 0.29) is 23.5 Å². The largest absolute Gasteiger partial charge is 0.465 e. The Kier molecular flexibility index (Phi) is 4.41. The van der Waals surface area contributed by atoms with Crippen molar-refractivity contribution in [3.63, 3.8) is 0 Å². The van der Waals surface area contributed by atoms with Crippen LogP contribution in [0.15, 0.2) is 24.3 Å². The van der Waals surface area contributed by atoms with E-state index in [0.717, 1.165) is 42.7 Å². The summed E-state index contributed by atoms with van der Waals surface area (Å²) in [6.07, 6.45) is 7.59. The smallest absolute Gasteiger partial charge is 0.337 e. The second-order valence-electron chi connectivity index (χ2n) is 8.62. The van der Waals surface area contributed by atoms with Crippen molar-refractivity contribution >= 4 is 17.6 Å². The first-order valence-corrected chi connectivity index (χ1v) is 9.73. The van der Waals surface area contributed by atoms with Gasteiger partial charge in [-0.25, -0.2) is 4.79 Å². The van der Waals surface area contributed by atoms with Crippen molar-refractivity contribution < 1.29 is 14.3 Å². The molecule has 1 aromatic rings. The van der Waals surface area contributed by atoms with Crippen LogP contribution in [0.2, 0.25) is 0 Å². The normalized spacial score (nSPS) is 32.8. The third-order valence-corrected chi connectivity index (χ3v) is 6.51. The molecule has 0 heterocycles. The predicted molar refractivity (Wildman–Crippen MR) is 99.9 cm³/mol. The Balaban J connectivity index is 1.37. The zero-order valence-electron chi connectivity index (χ0n) is 15.6. The molecule has 5 rings (SSSR count). The minimum Gasteiger partial charge on any atom is -0.465 e. The van der Waals surface area contributed by atoms with E-state index in [1.54, 1.807) is 24.3 Å². The van der Waals surface area contributed by atoms with Gasteiger partial charge in [0, 0.05) is 11.2 Å². The standard InChI is InChI=1S/C21H28N2O3/c1-13(22-18-5-3-17(4-6-18)20(25)26-2)19(24)23-21-10-14-7-15(11-21)9-16(8-14)12-21/h3-6,13-16,22H,7-12H2,1-2H3,(H,23,24)/t13-,14?,15?,16?,21?/m0/s1. The van der Waals surface area contributed by atoms with E-state index in [4.69, 9.17) is 4.74 Å². The van der Waals surface area contributed by atoms with Gasteiger partial charge in [-0.2, -0.15) is 0 Å². The number of benzene rings is 1. The third-order valence-electron chi connectivity index (χ3n) is 6.51. The Morgan fingerprint density at radius 3 is 2.08 bits per heavy atom. The van der Waals surface area contributed by atoms with Gasteiger partial charge in [0.2, 0.25) is 5.91 Å². The number of esters is 1. The molecule has 140 valence electrons. The topological polar surface area (TPSA) is 67.4 Å². The molecule has 1 amide bonds. The maximum atomic E-state index is 12.8. The zero-order chi connectivity index (χ0) is 18.3. The van der Waals surface area contributed by atoms with Gasteiger partial charge < -0.3 is 15.4 Å². The van der Waals surface area contributed by atoms with Crippen molar-refractivity contribution in [2.45, 2.75) is 57.0 Å². The Hall–Kier alpha value is -2.04. The highest BCUT2D eigenvalue weighted by Gasteiger charge is 2.51. The van der Waals surface area contributed by atoms with Crippen LogP contribution in [0.4, 0.5) is 5.69 Å². The molecule has 0 aliphatic heterocycles. The molecular formula is C21H28N2O3. The van der Waals surface area contributed by atoms with Gasteiger partial charge in [-0.15, -0.1) is 0 Å². The van der Waals surface area contributed by atoms with E-state index in [1.807, 2.05) is 6.92 Å². The van der Waals surface area contributed by atoms with Crippen LogP contribution < -0.4 is 10.6 Å². The number of ether oxygens (including phenoxy) is 1. The van der Waals surface area contributed by atoms with Crippen molar-refractivity contribution in [1.82, 2.24) is 5.32 Å². The van der Waals surface area contributed by atoms with E-state index < -0.39 is 0 Å². The summed E-state index contributed by atoms with van der Waals surface area (Å²) >= 11 is 0. The minimum atomic E-state index is -0.357. The molecule has 1 aromatic carbocycles. The molecule has 4 aliphatic rings. The van der Waals surface area contributed by atoms with Crippen molar-refractivity contribution in [2.24, 2.45) is 17.8 Å². The van der Waals surface area contributed by atoms with Gasteiger partial charge in [-0.3, -0.25) is 4.79 Å². The third kappa shape index (κ3) is 3.31. The Labute approximate surface area is 154 Å². The lowest BCUT2D eigenvalue weighted by atomic mass is 9.53. The highest BCUT2D eigenvalue weighted by Crippen LogP contribution is 2.55. The number of amides is 1. The average molecular weight is 356 g/mol. The second kappa shape index (κ2) is 6.60. The summed E-state index contributed by atoms with van der Waals surface area (Å²) in [5.74, 6) is 2.16. The fourth-order valence-corrected chi connectivity index (χ4v) is 5.77. The van der Waals surface area contributed by atoms with Crippen molar-refractivity contribution in [3.05, 3.63) is 29.8 Å². The van der Waals surface area contributed by atoms with Crippen LogP contribution in [0.25, 0.3) is 0 Å². The average Bonchev–Trinajstić information content (AvgIpc) is 2.60. The zero-order valence-corrected chi connectivity index (χ0v) is 15.6. The number of hydrogen-bond acceptors (Lipinski definition) is 4. The van der Waals surface area contributed by atoms with Crippen molar-refractivity contribution in [3.8, 4) is 0 Å². The van der Waals surface area contributed by atoms with Gasteiger partial charge in [0.1, 0.15) is 6.04 Å². The Morgan fingerprint density at radius 1 is 1.04 bits per heavy atom. The Morgan fingerprint density at radius 2 is 1.58 bits per heavy atom. The molecule has 1 atom stereocenters. The lowest BCUT2D eigenvalue weighted by molar-refractivity contribution is -0.127. The fraction of sp³-hybridized carbons (Fsp3) is 0.619. The number of hydrogen-bond donors (Lipinski definition) is 2. The number of carbonyl (C=O) groups excluding carboxylic acids is 2. The molecule has 26 heavy (non-hydrogen) atoms. The summed E-state index contributed by atoms with van der Waals surface area (Å²) in [7, 11) is 1.37. The molecule has 5 nitrogen and oxygen atoms in total. The molecule has 4 aliphatic carbocycles. The number of carbonyl (C=O) groups is 2. The molecule has 0 aromatic heterocycles. The number of rotatable bonds is 5. The predicted octanol–water partition coefficient (Wildman–Crippen LogP) is 3.36. The van der Waals surface area contributed by atoms with E-state index in [9.17, 15) is 9.59 Å². The van der Waals surface area contributed by atoms with Gasteiger partial charge in [0.05, 0.1) is 12.7 Å². The summed E-state index contributed by atoms with van der Waals surface area (Å²) in [6.45, 7) is 1.89. The van der Waals surface area contributed by atoms with Crippen LogP contribution >= 0.6 is 0 Å². The van der Waals surface area contributed by atoms with Crippen LogP contribution in [0.5, 0.6) is 0 Å². The molecule has 4 saturated carbocycles. The van der Waals surface area contributed by atoms with E-state index in [1.165, 1.54) is 26.4 Å². The van der Waals surface area contributed by atoms with Gasteiger partial charge in [0.25, 0.3) is 0 Å². The molecule has 4 bridgehead atoms. The van der Waals surface area contributed by atoms with E-state index in [0.29, 0.717) is 5.56 Å². The summed E-state index contributed by atoms with van der Waals surface area (Å²) < 4.78 is 4.71. The summed E-state index contributed by atoms with van der Waals surface area (Å²) in [5, 5.41) is 6.65. The van der Waals surface area contributed by atoms with E-state index >= 15 is 0 Å². The van der Waals surface area contributed by atoms with Gasteiger partial charge in [0.15, 0.2) is 0 Å². The quantitative estimate of drug-likeness (QED) is 0.794. The van der Waals surface area contributed by atoms with Crippen LogP contribution in [-0.2, 0) is 9.53 Å². The molecule has 0 spiro atoms. The van der Waals surface area contributed by atoms with Gasteiger partial charge in [-0.05, 0) is 87.5 Å². The van der Waals surface area contributed by atoms with Crippen LogP contribution in [0.1, 0.15) is 55.8 Å². The molecule has 4 fully saturated rings. The number of anilines is 1. The number of methoxy groups -OCH3 is 1. The van der Waals surface area contributed by atoms with Crippen LogP contribution in [0, 0.1) is 17.8 Å². The van der Waals surface area contributed by atoms with Gasteiger partial charge >= 0.3 is 5.97 Å². The summed E-state index contributed by atoms with van der Waals surface area (Å²) in [6, 6.07) is 6.71. The number of nitrogens with one attached hydrogen (secondary N) is 2. The van der Waals surface area contributed by atoms with Crippen molar-refractivity contribution in [2.75, 3.05) is 12.4 Å². The maximum Gasteiger partial charge on any atom is 0.337 e. The highest BCUT2D eigenvalue weighted by molar-refractivity contribution is 5.90. The molecular weight excluding hydrogens is 328 g/mol. The first-order valence-electron chi connectivity index (χ1n) is 9.73. The lowest BCUT2D eigenvalue weighted by Gasteiger charge is -2.57. The molecule has 5 heteroatoms.